The first kappa shape index (κ1) is 11.7. The minimum Gasteiger partial charge on any atom is -0.425 e. The zero-order valence-electron chi connectivity index (χ0n) is 8.54. The van der Waals surface area contributed by atoms with Crippen LogP contribution in [-0.2, 0) is 4.79 Å². The lowest BCUT2D eigenvalue weighted by Crippen LogP contribution is -2.04. The minimum absolute atomic E-state index is 0.0138. The van der Waals surface area contributed by atoms with Gasteiger partial charge in [0, 0.05) is 18.9 Å². The highest BCUT2D eigenvalue weighted by Gasteiger charge is 2.09. The smallest absolute Gasteiger partial charge is 0.308 e. The largest absolute Gasteiger partial charge is 0.425 e. The summed E-state index contributed by atoms with van der Waals surface area (Å²) in [5.41, 5.74) is 0.498. The first-order valence-corrected chi connectivity index (χ1v) is 4.93. The Bertz CT molecular complexity index is 399. The topological polar surface area (TPSA) is 43.4 Å². The Balaban J connectivity index is 3.05. The Kier molecular flexibility index (Phi) is 3.86. The molecule has 0 aromatic heterocycles. The second-order valence-corrected chi connectivity index (χ2v) is 3.42. The Morgan fingerprint density at radius 1 is 1.40 bits per heavy atom. The molecule has 0 saturated heterocycles. The van der Waals surface area contributed by atoms with Gasteiger partial charge in [-0.3, -0.25) is 9.59 Å². The molecular weight excluding hydrogens is 216 g/mol. The summed E-state index contributed by atoms with van der Waals surface area (Å²) in [5.74, 6) is -0.249. The lowest BCUT2D eigenvalue weighted by molar-refractivity contribution is -0.131. The number of halogens is 1. The number of benzene rings is 1. The molecule has 0 unspecified atom stereocenters. The van der Waals surface area contributed by atoms with E-state index in [1.165, 1.54) is 13.0 Å². The molecule has 0 N–H and O–H groups in total. The van der Waals surface area contributed by atoms with Crippen LogP contribution in [-0.4, -0.2) is 11.8 Å². The van der Waals surface area contributed by atoms with Gasteiger partial charge in [-0.15, -0.1) is 0 Å². The van der Waals surface area contributed by atoms with Gasteiger partial charge in [0.2, 0.25) is 0 Å². The van der Waals surface area contributed by atoms with Gasteiger partial charge in [-0.05, 0) is 18.2 Å². The van der Waals surface area contributed by atoms with E-state index in [4.69, 9.17) is 16.3 Å². The van der Waals surface area contributed by atoms with Gasteiger partial charge in [-0.2, -0.15) is 0 Å². The second kappa shape index (κ2) is 4.94. The number of carbonyl (C=O) groups excluding carboxylic acids is 2. The van der Waals surface area contributed by atoms with Gasteiger partial charge >= 0.3 is 5.97 Å². The van der Waals surface area contributed by atoms with E-state index in [2.05, 4.69) is 0 Å². The van der Waals surface area contributed by atoms with Crippen molar-refractivity contribution < 1.29 is 14.3 Å². The molecule has 1 aromatic rings. The van der Waals surface area contributed by atoms with Crippen molar-refractivity contribution in [3.8, 4) is 5.75 Å². The van der Waals surface area contributed by atoms with Crippen molar-refractivity contribution in [3.05, 3.63) is 28.8 Å². The zero-order chi connectivity index (χ0) is 11.4. The molecule has 0 spiro atoms. The fourth-order valence-electron chi connectivity index (χ4n) is 1.11. The summed E-state index contributed by atoms with van der Waals surface area (Å²) in [7, 11) is 0. The third kappa shape index (κ3) is 3.06. The second-order valence-electron chi connectivity index (χ2n) is 3.02. The van der Waals surface area contributed by atoms with Gasteiger partial charge in [0.25, 0.3) is 0 Å². The van der Waals surface area contributed by atoms with Crippen LogP contribution in [0.15, 0.2) is 18.2 Å². The third-order valence-electron chi connectivity index (χ3n) is 1.83. The van der Waals surface area contributed by atoms with Crippen molar-refractivity contribution in [2.24, 2.45) is 0 Å². The van der Waals surface area contributed by atoms with Crippen LogP contribution in [0.5, 0.6) is 5.75 Å². The molecule has 0 atom stereocenters. The van der Waals surface area contributed by atoms with Gasteiger partial charge in [0.1, 0.15) is 5.75 Å². The number of ketones is 1. The average molecular weight is 227 g/mol. The SMILES string of the molecule is CCC(=O)c1ccc(Cl)c(OC(C)=O)c1. The first-order chi connectivity index (χ1) is 7.04. The molecule has 3 nitrogen and oxygen atoms in total. The van der Waals surface area contributed by atoms with Gasteiger partial charge in [-0.25, -0.2) is 0 Å². The van der Waals surface area contributed by atoms with Gasteiger partial charge in [-0.1, -0.05) is 18.5 Å². The number of Topliss-reactive ketones (excluding diaryl/α,β-unsaturated/α-hetero) is 1. The lowest BCUT2D eigenvalue weighted by atomic mass is 10.1. The molecular formula is C11H11ClO3. The highest BCUT2D eigenvalue weighted by atomic mass is 35.5. The zero-order valence-corrected chi connectivity index (χ0v) is 9.30. The molecule has 0 saturated carbocycles. The molecule has 4 heteroatoms. The Hall–Kier alpha value is -1.35. The number of hydrogen-bond donors (Lipinski definition) is 0. The average Bonchev–Trinajstić information content (AvgIpc) is 2.19. The van der Waals surface area contributed by atoms with Crippen LogP contribution < -0.4 is 4.74 Å². The highest BCUT2D eigenvalue weighted by molar-refractivity contribution is 6.32. The maximum Gasteiger partial charge on any atom is 0.308 e. The molecule has 0 bridgehead atoms. The van der Waals surface area contributed by atoms with Crippen LogP contribution in [0, 0.1) is 0 Å². The van der Waals surface area contributed by atoms with Gasteiger partial charge in [0.05, 0.1) is 5.02 Å². The molecule has 0 aliphatic heterocycles. The summed E-state index contributed by atoms with van der Waals surface area (Å²) in [6, 6.07) is 4.64. The molecule has 0 fully saturated rings. The van der Waals surface area contributed by atoms with Crippen LogP contribution in [0.1, 0.15) is 30.6 Å². The van der Waals surface area contributed by atoms with E-state index >= 15 is 0 Å². The number of rotatable bonds is 3. The monoisotopic (exact) mass is 226 g/mol. The molecule has 0 aliphatic carbocycles. The Labute approximate surface area is 93.0 Å². The van der Waals surface area contributed by atoms with Crippen LogP contribution in [0.25, 0.3) is 0 Å². The molecule has 1 aromatic carbocycles. The number of carbonyl (C=O) groups is 2. The summed E-state index contributed by atoms with van der Waals surface area (Å²) in [5, 5.41) is 0.317. The van der Waals surface area contributed by atoms with Gasteiger partial charge < -0.3 is 4.74 Å². The number of hydrogen-bond acceptors (Lipinski definition) is 3. The molecule has 0 heterocycles. The van der Waals surface area contributed by atoms with E-state index < -0.39 is 5.97 Å². The number of esters is 1. The fourth-order valence-corrected chi connectivity index (χ4v) is 1.27. The van der Waals surface area contributed by atoms with Crippen molar-refractivity contribution in [3.63, 3.8) is 0 Å². The van der Waals surface area contributed by atoms with E-state index in [0.29, 0.717) is 17.0 Å². The van der Waals surface area contributed by atoms with E-state index in [9.17, 15) is 9.59 Å². The quantitative estimate of drug-likeness (QED) is 0.452. The van der Waals surface area contributed by atoms with Crippen molar-refractivity contribution in [2.45, 2.75) is 20.3 Å². The van der Waals surface area contributed by atoms with Crippen LogP contribution in [0.4, 0.5) is 0 Å². The summed E-state index contributed by atoms with van der Waals surface area (Å²) in [4.78, 5) is 22.1. The maximum absolute atomic E-state index is 11.4. The summed E-state index contributed by atoms with van der Waals surface area (Å²) in [6.45, 7) is 3.05. The van der Waals surface area contributed by atoms with Crippen LogP contribution in [0.3, 0.4) is 0 Å². The normalized spacial score (nSPS) is 9.80. The Morgan fingerprint density at radius 3 is 2.60 bits per heavy atom. The van der Waals surface area contributed by atoms with Crippen molar-refractivity contribution in [2.75, 3.05) is 0 Å². The minimum atomic E-state index is -0.460. The molecule has 80 valence electrons. The standard InChI is InChI=1S/C11H11ClO3/c1-3-10(14)8-4-5-9(12)11(6-8)15-7(2)13/h4-6H,3H2,1-2H3. The fraction of sp³-hybridized carbons (Fsp3) is 0.273. The molecule has 1 rings (SSSR count). The predicted molar refractivity (Wildman–Crippen MR) is 57.4 cm³/mol. The molecule has 0 aliphatic rings. The van der Waals surface area contributed by atoms with Crippen LogP contribution >= 0.6 is 11.6 Å². The van der Waals surface area contributed by atoms with Crippen LogP contribution in [0.2, 0.25) is 5.02 Å². The lowest BCUT2D eigenvalue weighted by Gasteiger charge is -2.05. The number of ether oxygens (including phenoxy) is 1. The molecule has 15 heavy (non-hydrogen) atoms. The van der Waals surface area contributed by atoms with E-state index in [0.717, 1.165) is 0 Å². The van der Waals surface area contributed by atoms with Crippen molar-refractivity contribution in [1.82, 2.24) is 0 Å². The summed E-state index contributed by atoms with van der Waals surface area (Å²) >= 11 is 5.80. The van der Waals surface area contributed by atoms with E-state index in [1.807, 2.05) is 0 Å². The predicted octanol–water partition coefficient (Wildman–Crippen LogP) is 2.86. The summed E-state index contributed by atoms with van der Waals surface area (Å²) < 4.78 is 4.86. The summed E-state index contributed by atoms with van der Waals surface area (Å²) in [6.07, 6.45) is 0.404. The van der Waals surface area contributed by atoms with Crippen molar-refractivity contribution in [1.29, 1.82) is 0 Å². The van der Waals surface area contributed by atoms with E-state index in [1.54, 1.807) is 19.1 Å². The first-order valence-electron chi connectivity index (χ1n) is 4.55. The van der Waals surface area contributed by atoms with Crippen molar-refractivity contribution >= 4 is 23.4 Å². The Morgan fingerprint density at radius 2 is 2.07 bits per heavy atom. The third-order valence-corrected chi connectivity index (χ3v) is 2.14. The maximum atomic E-state index is 11.4. The molecule has 0 radical (unpaired) electrons. The van der Waals surface area contributed by atoms with E-state index in [-0.39, 0.29) is 11.5 Å². The highest BCUT2D eigenvalue weighted by Crippen LogP contribution is 2.26. The van der Waals surface area contributed by atoms with Gasteiger partial charge in [0.15, 0.2) is 5.78 Å². The molecule has 0 amide bonds.